The summed E-state index contributed by atoms with van der Waals surface area (Å²) in [7, 11) is 0. The summed E-state index contributed by atoms with van der Waals surface area (Å²) in [6.07, 6.45) is -1.07. The molecule has 1 rings (SSSR count). The molecule has 1 saturated carbocycles. The van der Waals surface area contributed by atoms with Gasteiger partial charge >= 0.3 is 5.97 Å². The van der Waals surface area contributed by atoms with E-state index >= 15 is 0 Å². The van der Waals surface area contributed by atoms with E-state index in [0.29, 0.717) is 0 Å². The van der Waals surface area contributed by atoms with Crippen LogP contribution in [0.1, 0.15) is 46.5 Å². The van der Waals surface area contributed by atoms with Crippen molar-refractivity contribution < 1.29 is 23.1 Å². The molecule has 0 amide bonds. The van der Waals surface area contributed by atoms with Gasteiger partial charge in [-0.15, -0.1) is 0 Å². The van der Waals surface area contributed by atoms with Gasteiger partial charge in [0.2, 0.25) is 5.92 Å². The number of carbonyl (C=O) groups is 1. The van der Waals surface area contributed by atoms with Gasteiger partial charge in [0, 0.05) is 12.8 Å². The smallest absolute Gasteiger partial charge is 0.341 e. The number of carbonyl (C=O) groups excluding carboxylic acids is 1. The van der Waals surface area contributed by atoms with Crippen LogP contribution in [0.3, 0.4) is 0 Å². The van der Waals surface area contributed by atoms with Gasteiger partial charge in [-0.3, -0.25) is 4.84 Å². The topological polar surface area (TPSA) is 61.5 Å². The molecule has 0 aliphatic heterocycles. The van der Waals surface area contributed by atoms with Crippen LogP contribution in [0.25, 0.3) is 0 Å². The molecule has 4 nitrogen and oxygen atoms in total. The number of esters is 1. The summed E-state index contributed by atoms with van der Waals surface area (Å²) >= 11 is 0. The first-order valence-corrected chi connectivity index (χ1v) is 5.59. The molecule has 1 fully saturated rings. The van der Waals surface area contributed by atoms with Gasteiger partial charge in [0.1, 0.15) is 5.60 Å². The molecule has 0 aromatic heterocycles. The van der Waals surface area contributed by atoms with Crippen molar-refractivity contribution >= 4 is 5.97 Å². The molecule has 0 atom stereocenters. The van der Waals surface area contributed by atoms with Gasteiger partial charge in [-0.2, -0.15) is 0 Å². The van der Waals surface area contributed by atoms with E-state index in [-0.39, 0.29) is 12.8 Å². The Bertz CT molecular complexity index is 290. The summed E-state index contributed by atoms with van der Waals surface area (Å²) in [6.45, 7) is 5.10. The third kappa shape index (κ3) is 3.61. The monoisotopic (exact) mass is 251 g/mol. The van der Waals surface area contributed by atoms with Gasteiger partial charge in [-0.1, -0.05) is 0 Å². The Labute approximate surface area is 99.4 Å². The lowest BCUT2D eigenvalue weighted by Crippen LogP contribution is -2.51. The first-order chi connectivity index (χ1) is 7.60. The molecule has 0 radical (unpaired) electrons. The molecule has 2 N–H and O–H groups in total. The van der Waals surface area contributed by atoms with E-state index in [9.17, 15) is 13.6 Å². The molecule has 100 valence electrons. The Balaban J connectivity index is 2.74. The predicted octanol–water partition coefficient (Wildman–Crippen LogP) is 2.17. The van der Waals surface area contributed by atoms with Crippen LogP contribution in [0, 0.1) is 0 Å². The van der Waals surface area contributed by atoms with Crippen LogP contribution >= 0.6 is 0 Å². The highest BCUT2D eigenvalue weighted by atomic mass is 19.3. The third-order valence-electron chi connectivity index (χ3n) is 2.79. The Kier molecular flexibility index (Phi) is 3.78. The van der Waals surface area contributed by atoms with Crippen LogP contribution in [-0.4, -0.2) is 23.1 Å². The SMILES string of the molecule is CC(C)(C)OC(=O)C1(ON)CCC(F)(F)CC1. The van der Waals surface area contributed by atoms with E-state index in [4.69, 9.17) is 10.6 Å². The van der Waals surface area contributed by atoms with Crippen molar-refractivity contribution in [2.45, 2.75) is 63.6 Å². The van der Waals surface area contributed by atoms with E-state index in [1.165, 1.54) is 0 Å². The van der Waals surface area contributed by atoms with Crippen LogP contribution in [0.15, 0.2) is 0 Å². The number of rotatable bonds is 2. The van der Waals surface area contributed by atoms with Crippen LogP contribution < -0.4 is 5.90 Å². The standard InChI is InChI=1S/C11H19F2NO3/c1-9(2,3)16-8(15)10(17-14)4-6-11(12,13)7-5-10/h4-7,14H2,1-3H3. The summed E-state index contributed by atoms with van der Waals surface area (Å²) in [6, 6.07) is 0. The number of hydrogen-bond donors (Lipinski definition) is 1. The van der Waals surface area contributed by atoms with Crippen molar-refractivity contribution in [1.29, 1.82) is 0 Å². The number of ether oxygens (including phenoxy) is 1. The zero-order valence-corrected chi connectivity index (χ0v) is 10.4. The zero-order valence-electron chi connectivity index (χ0n) is 10.4. The predicted molar refractivity (Wildman–Crippen MR) is 57.3 cm³/mol. The first-order valence-electron chi connectivity index (χ1n) is 5.59. The van der Waals surface area contributed by atoms with E-state index in [1.807, 2.05) is 0 Å². The van der Waals surface area contributed by atoms with Gasteiger partial charge in [0.15, 0.2) is 5.60 Å². The van der Waals surface area contributed by atoms with Crippen molar-refractivity contribution in [1.82, 2.24) is 0 Å². The van der Waals surface area contributed by atoms with Crippen molar-refractivity contribution in [3.8, 4) is 0 Å². The lowest BCUT2D eigenvalue weighted by Gasteiger charge is -2.37. The lowest BCUT2D eigenvalue weighted by atomic mass is 9.82. The maximum absolute atomic E-state index is 13.0. The summed E-state index contributed by atoms with van der Waals surface area (Å²) < 4.78 is 31.2. The van der Waals surface area contributed by atoms with E-state index in [0.717, 1.165) is 0 Å². The second-order valence-corrected chi connectivity index (χ2v) is 5.47. The number of nitrogens with two attached hydrogens (primary N) is 1. The fourth-order valence-corrected chi connectivity index (χ4v) is 1.76. The highest BCUT2D eigenvalue weighted by Crippen LogP contribution is 2.40. The summed E-state index contributed by atoms with van der Waals surface area (Å²) in [5, 5.41) is 0. The minimum Gasteiger partial charge on any atom is -0.458 e. The Morgan fingerprint density at radius 1 is 1.18 bits per heavy atom. The Morgan fingerprint density at radius 2 is 1.65 bits per heavy atom. The molecular formula is C11H19F2NO3. The number of alkyl halides is 2. The zero-order chi connectivity index (χ0) is 13.3. The quantitative estimate of drug-likeness (QED) is 0.603. The van der Waals surface area contributed by atoms with Crippen molar-refractivity contribution in [3.63, 3.8) is 0 Å². The van der Waals surface area contributed by atoms with Gasteiger partial charge < -0.3 is 4.74 Å². The molecule has 1 aliphatic carbocycles. The lowest BCUT2D eigenvalue weighted by molar-refractivity contribution is -0.198. The summed E-state index contributed by atoms with van der Waals surface area (Å²) in [4.78, 5) is 16.6. The molecule has 0 spiro atoms. The third-order valence-corrected chi connectivity index (χ3v) is 2.79. The molecule has 0 saturated heterocycles. The number of halogens is 2. The molecule has 0 unspecified atom stereocenters. The molecule has 17 heavy (non-hydrogen) atoms. The van der Waals surface area contributed by atoms with Crippen molar-refractivity contribution in [2.24, 2.45) is 5.90 Å². The molecule has 1 aliphatic rings. The minimum atomic E-state index is -2.75. The largest absolute Gasteiger partial charge is 0.458 e. The molecule has 0 aromatic carbocycles. The second-order valence-electron chi connectivity index (χ2n) is 5.47. The van der Waals surface area contributed by atoms with Crippen LogP contribution in [-0.2, 0) is 14.4 Å². The number of hydrogen-bond acceptors (Lipinski definition) is 4. The van der Waals surface area contributed by atoms with Gasteiger partial charge in [-0.25, -0.2) is 19.5 Å². The highest BCUT2D eigenvalue weighted by Gasteiger charge is 2.50. The fraction of sp³-hybridized carbons (Fsp3) is 0.909. The van der Waals surface area contributed by atoms with E-state index < -0.39 is 35.9 Å². The molecule has 0 bridgehead atoms. The molecule has 0 heterocycles. The fourth-order valence-electron chi connectivity index (χ4n) is 1.76. The van der Waals surface area contributed by atoms with Gasteiger partial charge in [0.25, 0.3) is 0 Å². The van der Waals surface area contributed by atoms with Crippen molar-refractivity contribution in [3.05, 3.63) is 0 Å². The maximum Gasteiger partial charge on any atom is 0.341 e. The van der Waals surface area contributed by atoms with Crippen LogP contribution in [0.2, 0.25) is 0 Å². The van der Waals surface area contributed by atoms with Gasteiger partial charge in [0.05, 0.1) is 0 Å². The Hall–Kier alpha value is -0.750. The maximum atomic E-state index is 13.0. The summed E-state index contributed by atoms with van der Waals surface area (Å²) in [5.41, 5.74) is -2.11. The molecule has 6 heteroatoms. The second kappa shape index (κ2) is 4.49. The van der Waals surface area contributed by atoms with Crippen molar-refractivity contribution in [2.75, 3.05) is 0 Å². The normalized spacial score (nSPS) is 23.2. The minimum absolute atomic E-state index is 0.120. The van der Waals surface area contributed by atoms with Gasteiger partial charge in [-0.05, 0) is 33.6 Å². The molecule has 0 aromatic rings. The average molecular weight is 251 g/mol. The molecular weight excluding hydrogens is 232 g/mol. The van der Waals surface area contributed by atoms with Crippen LogP contribution in [0.4, 0.5) is 8.78 Å². The highest BCUT2D eigenvalue weighted by molar-refractivity contribution is 5.80. The van der Waals surface area contributed by atoms with E-state index in [2.05, 4.69) is 4.84 Å². The first kappa shape index (κ1) is 14.3. The average Bonchev–Trinajstić information content (AvgIpc) is 2.16. The summed E-state index contributed by atoms with van der Waals surface area (Å²) in [5.74, 6) is 1.69. The van der Waals surface area contributed by atoms with Crippen LogP contribution in [0.5, 0.6) is 0 Å². The Morgan fingerprint density at radius 3 is 2.00 bits per heavy atom. The van der Waals surface area contributed by atoms with E-state index in [1.54, 1.807) is 20.8 Å².